The van der Waals surface area contributed by atoms with Crippen molar-refractivity contribution in [2.75, 3.05) is 19.8 Å². The average molecular weight is 252 g/mol. The highest BCUT2D eigenvalue weighted by Crippen LogP contribution is 2.07. The summed E-state index contributed by atoms with van der Waals surface area (Å²) in [6.07, 6.45) is 1.30. The van der Waals surface area contributed by atoms with Gasteiger partial charge in [0.25, 0.3) is 0 Å². The first-order valence-electron chi connectivity index (χ1n) is 6.49. The number of ether oxygens (including phenoxy) is 1. The van der Waals surface area contributed by atoms with Gasteiger partial charge in [-0.15, -0.1) is 0 Å². The van der Waals surface area contributed by atoms with E-state index in [1.165, 1.54) is 0 Å². The number of hydrogen-bond acceptors (Lipinski definition) is 4. The highest BCUT2D eigenvalue weighted by atomic mass is 16.5. The van der Waals surface area contributed by atoms with Crippen LogP contribution < -0.4 is 5.32 Å². The predicted octanol–water partition coefficient (Wildman–Crippen LogP) is 1.77. The van der Waals surface area contributed by atoms with Crippen molar-refractivity contribution in [3.63, 3.8) is 0 Å². The normalized spacial score (nSPS) is 14.7. The molecule has 0 spiro atoms. The summed E-state index contributed by atoms with van der Waals surface area (Å²) in [4.78, 5) is 4.27. The topological polar surface area (TPSA) is 54.4 Å². The smallest absolute Gasteiger partial charge is 0.0897 e. The molecule has 4 nitrogen and oxygen atoms in total. The molecule has 2 N–H and O–H groups in total. The van der Waals surface area contributed by atoms with E-state index in [4.69, 9.17) is 4.74 Å². The Balaban J connectivity index is 2.20. The maximum absolute atomic E-state index is 9.75. The molecule has 0 fully saturated rings. The fourth-order valence-corrected chi connectivity index (χ4v) is 1.55. The molecule has 102 valence electrons. The molecule has 2 unspecified atom stereocenters. The van der Waals surface area contributed by atoms with Crippen molar-refractivity contribution in [3.05, 3.63) is 30.1 Å². The summed E-state index contributed by atoms with van der Waals surface area (Å²) in [6, 6.07) is 5.96. The quantitative estimate of drug-likeness (QED) is 0.740. The van der Waals surface area contributed by atoms with E-state index in [0.717, 1.165) is 5.69 Å². The van der Waals surface area contributed by atoms with Crippen molar-refractivity contribution in [2.45, 2.75) is 32.9 Å². The van der Waals surface area contributed by atoms with Gasteiger partial charge in [0.2, 0.25) is 0 Å². The van der Waals surface area contributed by atoms with Crippen LogP contribution in [0.1, 0.15) is 32.5 Å². The van der Waals surface area contributed by atoms with Crippen LogP contribution in [0.2, 0.25) is 0 Å². The fraction of sp³-hybridized carbons (Fsp3) is 0.643. The molecule has 0 aliphatic carbocycles. The lowest BCUT2D eigenvalue weighted by Crippen LogP contribution is -2.32. The summed E-state index contributed by atoms with van der Waals surface area (Å²) in [5, 5.41) is 13.0. The minimum absolute atomic E-state index is 0.131. The fourth-order valence-electron chi connectivity index (χ4n) is 1.55. The summed E-state index contributed by atoms with van der Waals surface area (Å²) < 4.78 is 5.39. The Bertz CT molecular complexity index is 317. The molecule has 0 aromatic carbocycles. The lowest BCUT2D eigenvalue weighted by Gasteiger charge is -2.17. The van der Waals surface area contributed by atoms with Gasteiger partial charge in [-0.25, -0.2) is 0 Å². The molecule has 0 aliphatic rings. The molecule has 0 saturated heterocycles. The van der Waals surface area contributed by atoms with Crippen molar-refractivity contribution in [2.24, 2.45) is 5.92 Å². The Morgan fingerprint density at radius 3 is 2.67 bits per heavy atom. The summed E-state index contributed by atoms with van der Waals surface area (Å²) in [7, 11) is 0. The molecule has 1 aromatic rings. The van der Waals surface area contributed by atoms with Crippen LogP contribution in [0.15, 0.2) is 24.4 Å². The first-order chi connectivity index (χ1) is 8.59. The van der Waals surface area contributed by atoms with Crippen molar-refractivity contribution < 1.29 is 9.84 Å². The molecule has 0 aliphatic heterocycles. The second-order valence-corrected chi connectivity index (χ2v) is 4.97. The lowest BCUT2D eigenvalue weighted by atomic mass is 10.2. The standard InChI is InChI=1S/C14H24N2O2/c1-11(2)9-18-10-13(17)8-16-12(3)14-6-4-5-7-15-14/h4-7,11-13,16-17H,8-10H2,1-3H3. The Morgan fingerprint density at radius 1 is 1.28 bits per heavy atom. The van der Waals surface area contributed by atoms with E-state index < -0.39 is 6.10 Å². The van der Waals surface area contributed by atoms with E-state index in [-0.39, 0.29) is 6.04 Å². The van der Waals surface area contributed by atoms with Crippen LogP contribution in [-0.4, -0.2) is 36.0 Å². The number of nitrogens with zero attached hydrogens (tertiary/aromatic N) is 1. The Hall–Kier alpha value is -0.970. The zero-order valence-electron chi connectivity index (χ0n) is 11.5. The van der Waals surface area contributed by atoms with Gasteiger partial charge in [0.15, 0.2) is 0 Å². The van der Waals surface area contributed by atoms with Crippen molar-refractivity contribution >= 4 is 0 Å². The maximum atomic E-state index is 9.75. The van der Waals surface area contributed by atoms with Gasteiger partial charge in [-0.3, -0.25) is 4.98 Å². The molecule has 18 heavy (non-hydrogen) atoms. The van der Waals surface area contributed by atoms with E-state index in [1.54, 1.807) is 6.20 Å². The molecular formula is C14H24N2O2. The number of aliphatic hydroxyl groups is 1. The molecule has 0 bridgehead atoms. The van der Waals surface area contributed by atoms with Gasteiger partial charge in [-0.2, -0.15) is 0 Å². The summed E-state index contributed by atoms with van der Waals surface area (Å²) in [5.41, 5.74) is 0.979. The number of rotatable bonds is 8. The molecule has 0 amide bonds. The van der Waals surface area contributed by atoms with E-state index in [0.29, 0.717) is 25.7 Å². The molecule has 1 aromatic heterocycles. The van der Waals surface area contributed by atoms with Crippen LogP contribution in [0, 0.1) is 5.92 Å². The first-order valence-corrected chi connectivity index (χ1v) is 6.49. The molecular weight excluding hydrogens is 228 g/mol. The van der Waals surface area contributed by atoms with Gasteiger partial charge < -0.3 is 15.2 Å². The monoisotopic (exact) mass is 252 g/mol. The van der Waals surface area contributed by atoms with Crippen molar-refractivity contribution in [3.8, 4) is 0 Å². The number of nitrogens with one attached hydrogen (secondary N) is 1. The van der Waals surface area contributed by atoms with Crippen molar-refractivity contribution in [1.82, 2.24) is 10.3 Å². The van der Waals surface area contributed by atoms with Gasteiger partial charge >= 0.3 is 0 Å². The number of aromatic nitrogens is 1. The molecule has 0 radical (unpaired) electrons. The minimum Gasteiger partial charge on any atom is -0.389 e. The van der Waals surface area contributed by atoms with E-state index in [1.807, 2.05) is 25.1 Å². The number of pyridine rings is 1. The Morgan fingerprint density at radius 2 is 2.06 bits per heavy atom. The van der Waals surface area contributed by atoms with Crippen LogP contribution >= 0.6 is 0 Å². The van der Waals surface area contributed by atoms with Gasteiger partial charge in [0.05, 0.1) is 18.4 Å². The third-order valence-electron chi connectivity index (χ3n) is 2.55. The predicted molar refractivity (Wildman–Crippen MR) is 72.3 cm³/mol. The van der Waals surface area contributed by atoms with E-state index in [2.05, 4.69) is 24.1 Å². The lowest BCUT2D eigenvalue weighted by molar-refractivity contribution is 0.0251. The maximum Gasteiger partial charge on any atom is 0.0897 e. The van der Waals surface area contributed by atoms with Crippen LogP contribution in [0.5, 0.6) is 0 Å². The summed E-state index contributed by atoms with van der Waals surface area (Å²) in [5.74, 6) is 0.498. The molecule has 1 rings (SSSR count). The summed E-state index contributed by atoms with van der Waals surface area (Å²) >= 11 is 0. The molecule has 2 atom stereocenters. The first kappa shape index (κ1) is 15.1. The third-order valence-corrected chi connectivity index (χ3v) is 2.55. The molecule has 4 heteroatoms. The number of aliphatic hydroxyl groups excluding tert-OH is 1. The largest absolute Gasteiger partial charge is 0.389 e. The van der Waals surface area contributed by atoms with Gasteiger partial charge in [0.1, 0.15) is 0 Å². The SMILES string of the molecule is CC(C)COCC(O)CNC(C)c1ccccn1. The zero-order chi connectivity index (χ0) is 13.4. The van der Waals surface area contributed by atoms with Crippen molar-refractivity contribution in [1.29, 1.82) is 0 Å². The van der Waals surface area contributed by atoms with Gasteiger partial charge in [0, 0.05) is 25.4 Å². The van der Waals surface area contributed by atoms with Crippen LogP contribution in [0.25, 0.3) is 0 Å². The number of hydrogen-bond donors (Lipinski definition) is 2. The molecule has 0 saturated carbocycles. The second kappa shape index (κ2) is 8.19. The van der Waals surface area contributed by atoms with Gasteiger partial charge in [-0.05, 0) is 25.0 Å². The van der Waals surface area contributed by atoms with Crippen LogP contribution in [0.3, 0.4) is 0 Å². The minimum atomic E-state index is -0.477. The second-order valence-electron chi connectivity index (χ2n) is 4.97. The molecule has 1 heterocycles. The van der Waals surface area contributed by atoms with Crippen LogP contribution in [-0.2, 0) is 4.74 Å². The average Bonchev–Trinajstić information content (AvgIpc) is 2.36. The third kappa shape index (κ3) is 6.10. The van der Waals surface area contributed by atoms with E-state index in [9.17, 15) is 5.11 Å². The van der Waals surface area contributed by atoms with E-state index >= 15 is 0 Å². The Labute approximate surface area is 109 Å². The summed E-state index contributed by atoms with van der Waals surface area (Å²) in [6.45, 7) is 7.79. The van der Waals surface area contributed by atoms with Crippen LogP contribution in [0.4, 0.5) is 0 Å². The van der Waals surface area contributed by atoms with Gasteiger partial charge in [-0.1, -0.05) is 19.9 Å². The highest BCUT2D eigenvalue weighted by Gasteiger charge is 2.09. The zero-order valence-corrected chi connectivity index (χ0v) is 11.5. The highest BCUT2D eigenvalue weighted by molar-refractivity contribution is 5.07. The Kier molecular flexibility index (Phi) is 6.86.